The number of carbonyl (C=O) groups is 2. The highest BCUT2D eigenvalue weighted by Gasteiger charge is 2.36. The van der Waals surface area contributed by atoms with Crippen molar-refractivity contribution < 1.29 is 22.8 Å². The normalized spacial score (nSPS) is 20.0. The summed E-state index contributed by atoms with van der Waals surface area (Å²) in [6, 6.07) is 0. The minimum absolute atomic E-state index is 0.110. The van der Waals surface area contributed by atoms with Gasteiger partial charge in [-0.1, -0.05) is 13.3 Å². The lowest BCUT2D eigenvalue weighted by Crippen LogP contribution is -2.47. The third-order valence-corrected chi connectivity index (χ3v) is 3.08. The number of alkyl halides is 3. The summed E-state index contributed by atoms with van der Waals surface area (Å²) in [5.41, 5.74) is 0. The summed E-state index contributed by atoms with van der Waals surface area (Å²) in [5, 5.41) is 2.52. The third kappa shape index (κ3) is 5.48. The van der Waals surface area contributed by atoms with E-state index in [1.807, 2.05) is 6.92 Å². The second-order valence-electron chi connectivity index (χ2n) is 4.77. The molecule has 1 atom stereocenters. The molecule has 110 valence electrons. The molecule has 1 aliphatic rings. The fourth-order valence-corrected chi connectivity index (χ4v) is 2.03. The van der Waals surface area contributed by atoms with Crippen LogP contribution in [0.1, 0.15) is 32.6 Å². The zero-order valence-electron chi connectivity index (χ0n) is 10.9. The van der Waals surface area contributed by atoms with Crippen LogP contribution in [0.2, 0.25) is 0 Å². The van der Waals surface area contributed by atoms with Crippen LogP contribution in [0.25, 0.3) is 0 Å². The Morgan fingerprint density at radius 2 is 2.16 bits per heavy atom. The fourth-order valence-electron chi connectivity index (χ4n) is 2.03. The minimum atomic E-state index is -4.39. The Labute approximate surface area is 110 Å². The van der Waals surface area contributed by atoms with Crippen LogP contribution >= 0.6 is 0 Å². The van der Waals surface area contributed by atoms with Crippen LogP contribution in [-0.4, -0.2) is 42.5 Å². The molecule has 0 aromatic rings. The molecule has 1 unspecified atom stereocenters. The van der Waals surface area contributed by atoms with Crippen LogP contribution in [0.15, 0.2) is 0 Å². The van der Waals surface area contributed by atoms with Gasteiger partial charge in [0, 0.05) is 19.5 Å². The number of unbranched alkanes of at least 4 members (excludes halogenated alkanes) is 1. The maximum atomic E-state index is 12.5. The number of carbonyl (C=O) groups excluding carboxylic acids is 2. The van der Waals surface area contributed by atoms with Gasteiger partial charge >= 0.3 is 6.18 Å². The number of hydrogen-bond acceptors (Lipinski definition) is 2. The van der Waals surface area contributed by atoms with E-state index in [9.17, 15) is 22.8 Å². The average Bonchev–Trinajstić information content (AvgIpc) is 2.33. The van der Waals surface area contributed by atoms with Crippen LogP contribution in [0.4, 0.5) is 13.2 Å². The molecule has 1 aliphatic heterocycles. The molecule has 0 aromatic heterocycles. The third-order valence-electron chi connectivity index (χ3n) is 3.08. The molecule has 1 rings (SSSR count). The van der Waals surface area contributed by atoms with Gasteiger partial charge in [0.1, 0.15) is 6.54 Å². The second-order valence-corrected chi connectivity index (χ2v) is 4.77. The van der Waals surface area contributed by atoms with E-state index in [1.54, 1.807) is 0 Å². The van der Waals surface area contributed by atoms with Crippen molar-refractivity contribution in [1.29, 1.82) is 0 Å². The monoisotopic (exact) mass is 280 g/mol. The van der Waals surface area contributed by atoms with Crippen molar-refractivity contribution in [2.45, 2.75) is 38.8 Å². The Kier molecular flexibility index (Phi) is 5.62. The Hall–Kier alpha value is -1.27. The molecule has 0 aliphatic carbocycles. The lowest BCUT2D eigenvalue weighted by Gasteiger charge is -2.30. The lowest BCUT2D eigenvalue weighted by molar-refractivity contribution is -0.164. The van der Waals surface area contributed by atoms with Crippen LogP contribution in [-0.2, 0) is 9.59 Å². The molecule has 4 nitrogen and oxygen atoms in total. The summed E-state index contributed by atoms with van der Waals surface area (Å²) < 4.78 is 37.4. The molecule has 2 amide bonds. The Balaban J connectivity index is 2.62. The number of piperidine rings is 1. The van der Waals surface area contributed by atoms with E-state index in [2.05, 4.69) is 5.32 Å². The molecular formula is C12H19F3N2O2. The van der Waals surface area contributed by atoms with Gasteiger partial charge in [0.15, 0.2) is 0 Å². The van der Waals surface area contributed by atoms with E-state index in [0.717, 1.165) is 11.3 Å². The summed E-state index contributed by atoms with van der Waals surface area (Å²) in [7, 11) is 0. The van der Waals surface area contributed by atoms with Crippen molar-refractivity contribution in [3.05, 3.63) is 0 Å². The van der Waals surface area contributed by atoms with Gasteiger partial charge in [0.25, 0.3) is 0 Å². The van der Waals surface area contributed by atoms with E-state index >= 15 is 0 Å². The Bertz CT molecular complexity index is 321. The molecule has 0 aromatic carbocycles. The molecule has 0 bridgehead atoms. The SMILES string of the molecule is CCCCN(CC(F)(F)F)C(=O)C1CCC(=O)NC1. The minimum Gasteiger partial charge on any atom is -0.355 e. The zero-order chi connectivity index (χ0) is 14.5. The maximum absolute atomic E-state index is 12.5. The molecule has 19 heavy (non-hydrogen) atoms. The van der Waals surface area contributed by atoms with Gasteiger partial charge < -0.3 is 10.2 Å². The van der Waals surface area contributed by atoms with Crippen LogP contribution in [0, 0.1) is 5.92 Å². The van der Waals surface area contributed by atoms with Gasteiger partial charge in [-0.3, -0.25) is 9.59 Å². The van der Waals surface area contributed by atoms with Gasteiger partial charge in [-0.25, -0.2) is 0 Å². The second kappa shape index (κ2) is 6.77. The van der Waals surface area contributed by atoms with Crippen molar-refractivity contribution in [1.82, 2.24) is 10.2 Å². The smallest absolute Gasteiger partial charge is 0.355 e. The van der Waals surface area contributed by atoms with E-state index in [1.165, 1.54) is 0 Å². The van der Waals surface area contributed by atoms with E-state index < -0.39 is 24.5 Å². The van der Waals surface area contributed by atoms with Crippen molar-refractivity contribution in [2.75, 3.05) is 19.6 Å². The van der Waals surface area contributed by atoms with Gasteiger partial charge in [0.05, 0.1) is 5.92 Å². The number of halogens is 3. The highest BCUT2D eigenvalue weighted by molar-refractivity contribution is 5.83. The van der Waals surface area contributed by atoms with Crippen molar-refractivity contribution in [2.24, 2.45) is 5.92 Å². The molecule has 0 spiro atoms. The molecule has 7 heteroatoms. The van der Waals surface area contributed by atoms with Gasteiger partial charge in [-0.15, -0.1) is 0 Å². The van der Waals surface area contributed by atoms with Crippen molar-refractivity contribution in [3.8, 4) is 0 Å². The Morgan fingerprint density at radius 1 is 1.47 bits per heavy atom. The molecule has 1 N–H and O–H groups in total. The number of nitrogens with zero attached hydrogens (tertiary/aromatic N) is 1. The number of hydrogen-bond donors (Lipinski definition) is 1. The molecule has 0 saturated carbocycles. The first-order valence-electron chi connectivity index (χ1n) is 6.45. The van der Waals surface area contributed by atoms with Crippen molar-refractivity contribution in [3.63, 3.8) is 0 Å². The van der Waals surface area contributed by atoms with Crippen LogP contribution < -0.4 is 5.32 Å². The first-order valence-corrected chi connectivity index (χ1v) is 6.45. The molecule has 0 radical (unpaired) electrons. The summed E-state index contributed by atoms with van der Waals surface area (Å²) in [4.78, 5) is 23.9. The first kappa shape index (κ1) is 15.8. The topological polar surface area (TPSA) is 49.4 Å². The number of amides is 2. The zero-order valence-corrected chi connectivity index (χ0v) is 10.9. The molecule has 1 fully saturated rings. The van der Waals surface area contributed by atoms with Gasteiger partial charge in [-0.05, 0) is 12.8 Å². The van der Waals surface area contributed by atoms with Gasteiger partial charge in [-0.2, -0.15) is 13.2 Å². The standard InChI is InChI=1S/C12H19F3N2O2/c1-2-3-6-17(8-12(13,14)15)11(19)9-4-5-10(18)16-7-9/h9H,2-8H2,1H3,(H,16,18). The van der Waals surface area contributed by atoms with E-state index in [-0.39, 0.29) is 25.4 Å². The fraction of sp³-hybridized carbons (Fsp3) is 0.833. The molecular weight excluding hydrogens is 261 g/mol. The quantitative estimate of drug-likeness (QED) is 0.833. The maximum Gasteiger partial charge on any atom is 0.406 e. The number of rotatable bonds is 5. The highest BCUT2D eigenvalue weighted by atomic mass is 19.4. The highest BCUT2D eigenvalue weighted by Crippen LogP contribution is 2.20. The van der Waals surface area contributed by atoms with E-state index in [4.69, 9.17) is 0 Å². The predicted octanol–water partition coefficient (Wildman–Crippen LogP) is 1.70. The summed E-state index contributed by atoms with van der Waals surface area (Å²) in [5.74, 6) is -1.19. The summed E-state index contributed by atoms with van der Waals surface area (Å²) in [6.07, 6.45) is -2.60. The van der Waals surface area contributed by atoms with E-state index in [0.29, 0.717) is 12.8 Å². The lowest BCUT2D eigenvalue weighted by atomic mass is 9.97. The van der Waals surface area contributed by atoms with Gasteiger partial charge in [0.2, 0.25) is 11.8 Å². The molecule has 1 heterocycles. The summed E-state index contributed by atoms with van der Waals surface area (Å²) >= 11 is 0. The average molecular weight is 280 g/mol. The van der Waals surface area contributed by atoms with Crippen LogP contribution in [0.5, 0.6) is 0 Å². The largest absolute Gasteiger partial charge is 0.406 e. The van der Waals surface area contributed by atoms with Crippen molar-refractivity contribution >= 4 is 11.8 Å². The van der Waals surface area contributed by atoms with Crippen LogP contribution in [0.3, 0.4) is 0 Å². The first-order chi connectivity index (χ1) is 8.83. The predicted molar refractivity (Wildman–Crippen MR) is 63.3 cm³/mol. The summed E-state index contributed by atoms with van der Waals surface area (Å²) in [6.45, 7) is 0.894. The number of nitrogens with one attached hydrogen (secondary N) is 1. The molecule has 1 saturated heterocycles. The Morgan fingerprint density at radius 3 is 2.63 bits per heavy atom.